The number of fused-ring (bicyclic) bond motifs is 1. The number of nitrogens with one attached hydrogen (secondary N) is 1. The highest BCUT2D eigenvalue weighted by molar-refractivity contribution is 6.31. The lowest BCUT2D eigenvalue weighted by atomic mass is 9.74. The molecule has 2 amide bonds. The summed E-state index contributed by atoms with van der Waals surface area (Å²) in [6.45, 7) is 2.35. The van der Waals surface area contributed by atoms with Gasteiger partial charge in [0, 0.05) is 24.7 Å². The molecular weight excluding hydrogens is 443 g/mol. The van der Waals surface area contributed by atoms with E-state index in [1.165, 1.54) is 6.07 Å². The van der Waals surface area contributed by atoms with Crippen molar-refractivity contribution < 1.29 is 18.7 Å². The van der Waals surface area contributed by atoms with Crippen LogP contribution in [0.15, 0.2) is 42.5 Å². The van der Waals surface area contributed by atoms with Crippen LogP contribution in [0.5, 0.6) is 5.75 Å². The summed E-state index contributed by atoms with van der Waals surface area (Å²) in [5.41, 5.74) is 0.833. The Bertz CT molecular complexity index is 1000. The first kappa shape index (κ1) is 23.6. The second-order valence-corrected chi connectivity index (χ2v) is 9.57. The third-order valence-electron chi connectivity index (χ3n) is 6.90. The molecule has 176 valence electrons. The number of carbonyl (C=O) groups is 2. The van der Waals surface area contributed by atoms with Crippen molar-refractivity contribution in [1.29, 1.82) is 0 Å². The van der Waals surface area contributed by atoms with Gasteiger partial charge in [0.15, 0.2) is 0 Å². The van der Waals surface area contributed by atoms with Gasteiger partial charge in [0.1, 0.15) is 11.6 Å². The fraction of sp³-hybridized carbons (Fsp3) is 0.462. The van der Waals surface area contributed by atoms with Gasteiger partial charge >= 0.3 is 0 Å². The summed E-state index contributed by atoms with van der Waals surface area (Å²) >= 11 is 6.13. The number of rotatable bonds is 2. The van der Waals surface area contributed by atoms with Gasteiger partial charge in [-0.3, -0.25) is 9.59 Å². The lowest BCUT2D eigenvalue weighted by molar-refractivity contribution is -0.132. The predicted molar refractivity (Wildman–Crippen MR) is 126 cm³/mol. The highest BCUT2D eigenvalue weighted by Gasteiger charge is 2.36. The average Bonchev–Trinajstić information content (AvgIpc) is 2.82. The van der Waals surface area contributed by atoms with Crippen LogP contribution < -0.4 is 10.1 Å². The number of likely N-dealkylation sites (tertiary alicyclic amines) is 1. The number of amides is 2. The van der Waals surface area contributed by atoms with Crippen molar-refractivity contribution in [3.05, 3.63) is 64.4 Å². The molecule has 1 saturated heterocycles. The van der Waals surface area contributed by atoms with Crippen LogP contribution >= 0.6 is 11.6 Å². The number of nitrogens with zero attached hydrogens (tertiary/aromatic N) is 1. The summed E-state index contributed by atoms with van der Waals surface area (Å²) in [6.07, 6.45) is 5.72. The van der Waals surface area contributed by atoms with E-state index >= 15 is 0 Å². The highest BCUT2D eigenvalue weighted by atomic mass is 35.5. The fourth-order valence-electron chi connectivity index (χ4n) is 4.79. The number of benzene rings is 2. The smallest absolute Gasteiger partial charge is 0.255 e. The van der Waals surface area contributed by atoms with Gasteiger partial charge in [0.25, 0.3) is 5.91 Å². The largest absolute Gasteiger partial charge is 0.493 e. The molecule has 1 spiro atoms. The molecule has 1 N–H and O–H groups in total. The minimum absolute atomic E-state index is 0.0483. The Morgan fingerprint density at radius 3 is 2.67 bits per heavy atom. The van der Waals surface area contributed by atoms with Crippen LogP contribution in [0, 0.1) is 11.2 Å². The molecule has 1 fully saturated rings. The summed E-state index contributed by atoms with van der Waals surface area (Å²) in [7, 11) is 0. The molecule has 0 atom stereocenters. The maximum Gasteiger partial charge on any atom is 0.255 e. The average molecular weight is 473 g/mol. The molecule has 2 aliphatic heterocycles. The Morgan fingerprint density at radius 2 is 1.88 bits per heavy atom. The number of hydrogen-bond acceptors (Lipinski definition) is 3. The van der Waals surface area contributed by atoms with Gasteiger partial charge in [-0.1, -0.05) is 42.6 Å². The first-order chi connectivity index (χ1) is 16.0. The van der Waals surface area contributed by atoms with Crippen LogP contribution in [0.2, 0.25) is 5.02 Å². The van der Waals surface area contributed by atoms with E-state index in [2.05, 4.69) is 5.32 Å². The molecule has 0 saturated carbocycles. The summed E-state index contributed by atoms with van der Waals surface area (Å²) in [6, 6.07) is 11.6. The number of ether oxygens (including phenoxy) is 1. The van der Waals surface area contributed by atoms with Gasteiger partial charge < -0.3 is 15.0 Å². The molecule has 7 heteroatoms. The second kappa shape index (κ2) is 10.6. The van der Waals surface area contributed by atoms with Crippen LogP contribution in [-0.4, -0.2) is 43.0 Å². The molecule has 0 aromatic heterocycles. The number of carbonyl (C=O) groups excluding carboxylic acids is 2. The van der Waals surface area contributed by atoms with Crippen molar-refractivity contribution in [3.63, 3.8) is 0 Å². The molecule has 0 bridgehead atoms. The first-order valence-corrected chi connectivity index (χ1v) is 12.1. The number of piperidine rings is 1. The SMILES string of the molecule is O=C1NCC2(CCCCCOc3ccc(Cl)cc31)CCN(C(=O)Cc1ccccc1F)CC2. The van der Waals surface area contributed by atoms with Gasteiger partial charge in [-0.2, -0.15) is 0 Å². The first-order valence-electron chi connectivity index (χ1n) is 11.7. The van der Waals surface area contributed by atoms with Crippen LogP contribution in [0.1, 0.15) is 54.4 Å². The maximum atomic E-state index is 14.0. The topological polar surface area (TPSA) is 58.6 Å². The molecule has 0 radical (unpaired) electrons. The van der Waals surface area contributed by atoms with Crippen LogP contribution in [0.4, 0.5) is 4.39 Å². The Balaban J connectivity index is 1.42. The van der Waals surface area contributed by atoms with E-state index in [4.69, 9.17) is 16.3 Å². The quantitative estimate of drug-likeness (QED) is 0.668. The van der Waals surface area contributed by atoms with Gasteiger partial charge in [0.2, 0.25) is 5.91 Å². The molecule has 33 heavy (non-hydrogen) atoms. The van der Waals surface area contributed by atoms with E-state index in [-0.39, 0.29) is 29.5 Å². The highest BCUT2D eigenvalue weighted by Crippen LogP contribution is 2.37. The molecule has 2 aromatic carbocycles. The number of hydrogen-bond donors (Lipinski definition) is 1. The monoisotopic (exact) mass is 472 g/mol. The zero-order valence-electron chi connectivity index (χ0n) is 18.7. The van der Waals surface area contributed by atoms with E-state index in [1.54, 1.807) is 36.4 Å². The Morgan fingerprint density at radius 1 is 1.09 bits per heavy atom. The van der Waals surface area contributed by atoms with E-state index in [9.17, 15) is 14.0 Å². The van der Waals surface area contributed by atoms with E-state index in [1.807, 2.05) is 4.90 Å². The van der Waals surface area contributed by atoms with Crippen LogP contribution in [0.3, 0.4) is 0 Å². The third kappa shape index (κ3) is 5.85. The molecule has 4 rings (SSSR count). The minimum Gasteiger partial charge on any atom is -0.493 e. The van der Waals surface area contributed by atoms with Crippen molar-refractivity contribution in [3.8, 4) is 5.75 Å². The zero-order chi connectivity index (χ0) is 23.3. The fourth-order valence-corrected chi connectivity index (χ4v) is 4.96. The van der Waals surface area contributed by atoms with Crippen molar-refractivity contribution in [2.24, 2.45) is 5.41 Å². The van der Waals surface area contributed by atoms with Crippen molar-refractivity contribution in [1.82, 2.24) is 10.2 Å². The van der Waals surface area contributed by atoms with Gasteiger partial charge in [-0.15, -0.1) is 0 Å². The Hall–Kier alpha value is -2.60. The standard InChI is InChI=1S/C26H30ClFN2O3/c27-20-8-9-23-21(17-20)25(32)29-18-26(10-4-1-5-15-33-23)11-13-30(14-12-26)24(31)16-19-6-2-3-7-22(19)28/h2-3,6-9,17H,1,4-5,10-16,18H2,(H,29,32). The van der Waals surface area contributed by atoms with Crippen LogP contribution in [-0.2, 0) is 11.2 Å². The lowest BCUT2D eigenvalue weighted by Crippen LogP contribution is -2.48. The molecule has 2 aromatic rings. The van der Waals surface area contributed by atoms with Crippen molar-refractivity contribution in [2.75, 3.05) is 26.2 Å². The lowest BCUT2D eigenvalue weighted by Gasteiger charge is -2.42. The molecule has 5 nitrogen and oxygen atoms in total. The Kier molecular flexibility index (Phi) is 7.53. The Labute approximate surface area is 199 Å². The van der Waals surface area contributed by atoms with Gasteiger partial charge in [0.05, 0.1) is 18.6 Å². The minimum atomic E-state index is -0.342. The molecule has 2 heterocycles. The van der Waals surface area contributed by atoms with E-state index < -0.39 is 0 Å². The van der Waals surface area contributed by atoms with Crippen LogP contribution in [0.25, 0.3) is 0 Å². The van der Waals surface area contributed by atoms with Gasteiger partial charge in [-0.05, 0) is 60.9 Å². The molecular formula is C26H30ClFN2O3. The molecule has 0 unspecified atom stereocenters. The third-order valence-corrected chi connectivity index (χ3v) is 7.13. The predicted octanol–water partition coefficient (Wildman–Crippen LogP) is 5.01. The van der Waals surface area contributed by atoms with Crippen molar-refractivity contribution >= 4 is 23.4 Å². The zero-order valence-corrected chi connectivity index (χ0v) is 19.5. The van der Waals surface area contributed by atoms with E-state index in [0.29, 0.717) is 48.1 Å². The molecule has 2 aliphatic rings. The summed E-state index contributed by atoms with van der Waals surface area (Å²) < 4.78 is 19.8. The second-order valence-electron chi connectivity index (χ2n) is 9.13. The number of halogens is 2. The molecule has 0 aliphatic carbocycles. The normalized spacial score (nSPS) is 19.0. The van der Waals surface area contributed by atoms with Gasteiger partial charge in [-0.25, -0.2) is 4.39 Å². The maximum absolute atomic E-state index is 14.0. The van der Waals surface area contributed by atoms with Crippen molar-refractivity contribution in [2.45, 2.75) is 44.9 Å². The summed E-state index contributed by atoms with van der Waals surface area (Å²) in [5, 5.41) is 3.60. The summed E-state index contributed by atoms with van der Waals surface area (Å²) in [5.74, 6) is -0.0239. The van der Waals surface area contributed by atoms with E-state index in [0.717, 1.165) is 38.5 Å². The summed E-state index contributed by atoms with van der Waals surface area (Å²) in [4.78, 5) is 27.6.